The number of nitrogens with one attached hydrogen (secondary N) is 4. The molecule has 5 rings (SSSR count). The average Bonchev–Trinajstić information content (AvgIpc) is 3.24. The van der Waals surface area contributed by atoms with Crippen molar-refractivity contribution in [2.24, 2.45) is 0 Å². The molecule has 0 fully saturated rings. The molecule has 0 aliphatic carbocycles. The molecular formula is C42H47Cl6N7O6. The highest BCUT2D eigenvalue weighted by atomic mass is 35.5. The number of halogens is 6. The molecule has 7 amide bonds. The number of unbranched alkanes of at least 4 members (excludes halogenated alkanes) is 1. The maximum atomic E-state index is 11.8. The number of urea groups is 3. The van der Waals surface area contributed by atoms with Gasteiger partial charge < -0.3 is 35.8 Å². The maximum absolute atomic E-state index is 11.8. The fraction of sp³-hybridized carbons (Fsp3) is 0.238. The summed E-state index contributed by atoms with van der Waals surface area (Å²) in [6.07, 6.45) is 1.60. The second-order valence-electron chi connectivity index (χ2n) is 12.6. The van der Waals surface area contributed by atoms with E-state index in [2.05, 4.69) is 28.2 Å². The first-order valence-electron chi connectivity index (χ1n) is 18.2. The third kappa shape index (κ3) is 18.7. The smallest absolute Gasteiger partial charge is 0.410 e. The topological polar surface area (TPSA) is 145 Å². The van der Waals surface area contributed by atoms with Crippen molar-refractivity contribution in [3.63, 3.8) is 0 Å². The summed E-state index contributed by atoms with van der Waals surface area (Å²) in [5.41, 5.74) is 1.82. The Balaban J connectivity index is 0.000000281. The van der Waals surface area contributed by atoms with Gasteiger partial charge in [-0.25, -0.2) is 24.2 Å². The number of rotatable bonds is 8. The molecule has 4 N–H and O–H groups in total. The van der Waals surface area contributed by atoms with E-state index in [1.54, 1.807) is 86.7 Å². The van der Waals surface area contributed by atoms with Crippen LogP contribution in [0.5, 0.6) is 5.75 Å². The second kappa shape index (κ2) is 27.2. The zero-order chi connectivity index (χ0) is 45.6. The molecule has 61 heavy (non-hydrogen) atoms. The van der Waals surface area contributed by atoms with Crippen molar-refractivity contribution >= 4 is 122 Å². The molecule has 5 aromatic carbocycles. The first-order chi connectivity index (χ1) is 28.9. The van der Waals surface area contributed by atoms with Crippen LogP contribution >= 0.6 is 69.6 Å². The highest BCUT2D eigenvalue weighted by Crippen LogP contribution is 2.28. The van der Waals surface area contributed by atoms with Crippen molar-refractivity contribution in [2.45, 2.75) is 19.8 Å². The molecule has 0 unspecified atom stereocenters. The number of amides is 7. The van der Waals surface area contributed by atoms with Gasteiger partial charge in [-0.3, -0.25) is 4.84 Å². The Morgan fingerprint density at radius 2 is 1.05 bits per heavy atom. The molecule has 19 heteroatoms. The van der Waals surface area contributed by atoms with Gasteiger partial charge in [-0.1, -0.05) is 119 Å². The van der Waals surface area contributed by atoms with Gasteiger partial charge in [0.25, 0.3) is 0 Å². The molecule has 0 saturated heterocycles. The Bertz CT molecular complexity index is 2230. The molecule has 0 aliphatic rings. The number of ether oxygens (including phenoxy) is 1. The second-order valence-corrected chi connectivity index (χ2v) is 15.1. The van der Waals surface area contributed by atoms with Crippen molar-refractivity contribution in [1.29, 1.82) is 0 Å². The van der Waals surface area contributed by atoms with Crippen molar-refractivity contribution in [3.05, 3.63) is 127 Å². The summed E-state index contributed by atoms with van der Waals surface area (Å²) in [4.78, 5) is 53.2. The first kappa shape index (κ1) is 52.3. The molecular weight excluding hydrogens is 911 g/mol. The number of nitrogens with zero attached hydrogens (tertiary/aromatic N) is 3. The fourth-order valence-corrected chi connectivity index (χ4v) is 5.29. The Morgan fingerprint density at radius 3 is 1.49 bits per heavy atom. The summed E-state index contributed by atoms with van der Waals surface area (Å²) in [5, 5.41) is 16.1. The van der Waals surface area contributed by atoms with Gasteiger partial charge in [-0.05, 0) is 72.5 Å². The lowest BCUT2D eigenvalue weighted by Crippen LogP contribution is -2.32. The number of hydroxylamine groups is 2. The minimum atomic E-state index is -0.452. The number of fused-ring (bicyclic) bond motifs is 1. The van der Waals surface area contributed by atoms with E-state index in [0.29, 0.717) is 52.9 Å². The minimum Gasteiger partial charge on any atom is -0.410 e. The number of anilines is 3. The molecule has 0 spiro atoms. The van der Waals surface area contributed by atoms with Crippen molar-refractivity contribution in [3.8, 4) is 5.75 Å². The normalized spacial score (nSPS) is 9.92. The van der Waals surface area contributed by atoms with Crippen molar-refractivity contribution in [1.82, 2.24) is 20.2 Å². The van der Waals surface area contributed by atoms with Gasteiger partial charge in [0.2, 0.25) is 0 Å². The number of benzene rings is 5. The van der Waals surface area contributed by atoms with E-state index < -0.39 is 12.1 Å². The molecule has 0 atom stereocenters. The van der Waals surface area contributed by atoms with Gasteiger partial charge in [0.15, 0.2) is 0 Å². The lowest BCUT2D eigenvalue weighted by molar-refractivity contribution is -0.0598. The standard InChI is InChI=1S/C12H16Cl2N2O.C12H11NO2.C9H10Cl2N2O2.C9H10Cl2N2O/c1-3-4-7-16(2)12(17)15-9-5-6-10(13)11(14)8-9;1-13-12(14)15-11-8-4-6-9-5-2-3-7-10(9)11;1-13(15-2)9(14)12-6-3-4-7(10)8(11)5-6;1-13(2)9(14)12-6-3-4-7(10)8(11)5-6/h5-6,8H,3-4,7H2,1-2H3,(H,15,17);2-8H,1H3,(H,13,14);3-5H,1-2H3,(H,12,14);3-5H,1-2H3,(H,12,14). The molecule has 5 aromatic rings. The van der Waals surface area contributed by atoms with Crippen molar-refractivity contribution in [2.75, 3.05) is 64.8 Å². The van der Waals surface area contributed by atoms with Crippen LogP contribution in [0, 0.1) is 0 Å². The van der Waals surface area contributed by atoms with E-state index in [1.807, 2.05) is 36.4 Å². The van der Waals surface area contributed by atoms with Crippen molar-refractivity contribution < 1.29 is 28.8 Å². The summed E-state index contributed by atoms with van der Waals surface area (Å²) in [6, 6.07) is 27.4. The predicted octanol–water partition coefficient (Wildman–Crippen LogP) is 12.9. The third-order valence-electron chi connectivity index (χ3n) is 7.83. The van der Waals surface area contributed by atoms with Crippen LogP contribution in [0.25, 0.3) is 10.8 Å². The maximum Gasteiger partial charge on any atom is 0.412 e. The largest absolute Gasteiger partial charge is 0.412 e. The molecule has 0 aromatic heterocycles. The molecule has 0 aliphatic heterocycles. The van der Waals surface area contributed by atoms with E-state index in [4.69, 9.17) is 79.2 Å². The first-order valence-corrected chi connectivity index (χ1v) is 20.5. The summed E-state index contributed by atoms with van der Waals surface area (Å²) in [6.45, 7) is 2.83. The van der Waals surface area contributed by atoms with Crippen LogP contribution in [-0.4, -0.2) is 87.9 Å². The molecule has 0 heterocycles. The van der Waals surface area contributed by atoms with Crippen LogP contribution < -0.4 is 26.0 Å². The summed E-state index contributed by atoms with van der Waals surface area (Å²) in [7, 11) is 9.51. The van der Waals surface area contributed by atoms with E-state index in [1.165, 1.54) is 26.1 Å². The van der Waals surface area contributed by atoms with Crippen LogP contribution in [0.2, 0.25) is 30.1 Å². The number of hydrogen-bond donors (Lipinski definition) is 4. The van der Waals surface area contributed by atoms with Gasteiger partial charge in [-0.2, -0.15) is 0 Å². The number of carbonyl (C=O) groups excluding carboxylic acids is 4. The van der Waals surface area contributed by atoms with E-state index >= 15 is 0 Å². The average molecular weight is 959 g/mol. The third-order valence-corrected chi connectivity index (χ3v) is 10.0. The van der Waals surface area contributed by atoms with Crippen LogP contribution in [0.15, 0.2) is 97.1 Å². The lowest BCUT2D eigenvalue weighted by Gasteiger charge is -2.17. The minimum absolute atomic E-state index is 0.142. The van der Waals surface area contributed by atoms with Crippen LogP contribution in [0.3, 0.4) is 0 Å². The van der Waals surface area contributed by atoms with Crippen LogP contribution in [0.4, 0.5) is 36.2 Å². The van der Waals surface area contributed by atoms with E-state index in [0.717, 1.165) is 35.2 Å². The monoisotopic (exact) mass is 955 g/mol. The SMILES string of the molecule is CCCCN(C)C(=O)Nc1ccc(Cl)c(Cl)c1.CN(C)C(=O)Nc1ccc(Cl)c(Cl)c1.CNC(=O)Oc1cccc2ccccc12.CON(C)C(=O)Nc1ccc(Cl)c(Cl)c1. The Kier molecular flexibility index (Phi) is 23.3. The Hall–Kier alpha value is -4.86. The molecule has 0 bridgehead atoms. The quantitative estimate of drug-likeness (QED) is 0.114. The van der Waals surface area contributed by atoms with Gasteiger partial charge in [0.1, 0.15) is 5.75 Å². The molecule has 13 nitrogen and oxygen atoms in total. The zero-order valence-corrected chi connectivity index (χ0v) is 39.0. The Labute approximate surface area is 386 Å². The van der Waals surface area contributed by atoms with Gasteiger partial charge >= 0.3 is 24.2 Å². The van der Waals surface area contributed by atoms with Crippen LogP contribution in [0.1, 0.15) is 19.8 Å². The van der Waals surface area contributed by atoms with Gasteiger partial charge in [0, 0.05) is 64.2 Å². The summed E-state index contributed by atoms with van der Waals surface area (Å²) in [5.74, 6) is 0.576. The van der Waals surface area contributed by atoms with Gasteiger partial charge in [-0.15, -0.1) is 0 Å². The molecule has 328 valence electrons. The molecule has 0 radical (unpaired) electrons. The highest BCUT2D eigenvalue weighted by molar-refractivity contribution is 6.43. The van der Waals surface area contributed by atoms with Crippen LogP contribution in [-0.2, 0) is 4.84 Å². The molecule has 0 saturated carbocycles. The number of carbonyl (C=O) groups is 4. The predicted molar refractivity (Wildman–Crippen MR) is 251 cm³/mol. The van der Waals surface area contributed by atoms with E-state index in [-0.39, 0.29) is 12.1 Å². The highest BCUT2D eigenvalue weighted by Gasteiger charge is 2.11. The number of hydrogen-bond acceptors (Lipinski definition) is 6. The summed E-state index contributed by atoms with van der Waals surface area (Å²) < 4.78 is 5.13. The lowest BCUT2D eigenvalue weighted by atomic mass is 10.1. The zero-order valence-electron chi connectivity index (χ0n) is 34.4. The summed E-state index contributed by atoms with van der Waals surface area (Å²) >= 11 is 34.7. The Morgan fingerprint density at radius 1 is 0.590 bits per heavy atom. The van der Waals surface area contributed by atoms with E-state index in [9.17, 15) is 19.2 Å². The fourth-order valence-electron chi connectivity index (χ4n) is 4.39. The van der Waals surface area contributed by atoms with Gasteiger partial charge in [0.05, 0.1) is 37.2 Å².